The first kappa shape index (κ1) is 29.7. The summed E-state index contributed by atoms with van der Waals surface area (Å²) in [7, 11) is -0.302. The summed E-state index contributed by atoms with van der Waals surface area (Å²) in [5.74, 6) is 0. The van der Waals surface area contributed by atoms with Crippen molar-refractivity contribution < 1.29 is 14.0 Å². The fraction of sp³-hybridized carbons (Fsp3) is 0.920. The van der Waals surface area contributed by atoms with Crippen LogP contribution in [0.1, 0.15) is 90.0 Å². The van der Waals surface area contributed by atoms with Crippen LogP contribution in [0.4, 0.5) is 0 Å². The van der Waals surface area contributed by atoms with Crippen LogP contribution < -0.4 is 0 Å². The molecule has 0 amide bonds. The minimum atomic E-state index is -3.31. The standard InChI is InChI=1S/C13H26BO3Si.3C4H9.Sn/c1-12(2)13(3,4)17-14(16-12)11(9-15-5)10-18(6,7)8;3*1-4(2)3;/h9H2,1-8H3;3*1-3H3;. The minimum absolute atomic E-state index is 0.226. The second-order valence-electron chi connectivity index (χ2n) is 14.7. The predicted octanol–water partition coefficient (Wildman–Crippen LogP) is 7.83. The number of methoxy groups -OCH3 is 1. The van der Waals surface area contributed by atoms with Crippen molar-refractivity contribution in [3.05, 3.63) is 8.68 Å². The van der Waals surface area contributed by atoms with Gasteiger partial charge in [-0.1, -0.05) is 0 Å². The van der Waals surface area contributed by atoms with Crippen LogP contribution in [0.3, 0.4) is 0 Å². The SMILES string of the molecule is COC/C(B1OC(C)(C)C(C)(C)O1)=[C](\[Si](C)(C)C)[Sn]([C](C)(C)C)([C](C)(C)C)[C](C)(C)C. The molecule has 0 N–H and O–H groups in total. The molecule has 1 rings (SSSR count). The second-order valence-corrected chi connectivity index (χ2v) is 39.7. The van der Waals surface area contributed by atoms with Gasteiger partial charge in [0.1, 0.15) is 0 Å². The molecule has 1 saturated heterocycles. The molecule has 3 nitrogen and oxygen atoms in total. The van der Waals surface area contributed by atoms with E-state index in [1.165, 1.54) is 5.47 Å². The molecule has 0 spiro atoms. The van der Waals surface area contributed by atoms with Crippen molar-refractivity contribution in [2.45, 2.75) is 131 Å². The first-order valence-corrected chi connectivity index (χ1v) is 21.2. The van der Waals surface area contributed by atoms with Crippen molar-refractivity contribution in [2.24, 2.45) is 0 Å². The van der Waals surface area contributed by atoms with Crippen molar-refractivity contribution in [1.29, 1.82) is 0 Å². The Morgan fingerprint density at radius 1 is 0.774 bits per heavy atom. The zero-order chi connectivity index (χ0) is 25.1. The monoisotopic (exact) mass is 560 g/mol. The van der Waals surface area contributed by atoms with Crippen molar-refractivity contribution in [3.8, 4) is 0 Å². The van der Waals surface area contributed by atoms with Gasteiger partial charge in [-0.2, -0.15) is 0 Å². The van der Waals surface area contributed by atoms with E-state index < -0.39 is 26.5 Å². The van der Waals surface area contributed by atoms with Crippen LogP contribution >= 0.6 is 0 Å². The van der Waals surface area contributed by atoms with Gasteiger partial charge in [0.2, 0.25) is 0 Å². The Morgan fingerprint density at radius 2 is 1.10 bits per heavy atom. The Morgan fingerprint density at radius 3 is 1.32 bits per heavy atom. The van der Waals surface area contributed by atoms with Crippen LogP contribution in [-0.2, 0) is 14.0 Å². The molecular weight excluding hydrogens is 506 g/mol. The molecule has 0 aromatic carbocycles. The number of rotatable bonds is 5. The topological polar surface area (TPSA) is 27.7 Å². The summed E-state index contributed by atoms with van der Waals surface area (Å²) < 4.78 is 21.7. The Hall–Kier alpha value is 0.701. The third-order valence-corrected chi connectivity index (χ3v) is 40.7. The molecule has 182 valence electrons. The zero-order valence-electron chi connectivity index (χ0n) is 24.0. The normalized spacial score (nSPS) is 21.4. The molecule has 1 aliphatic heterocycles. The van der Waals surface area contributed by atoms with Gasteiger partial charge >= 0.3 is 201 Å². The van der Waals surface area contributed by atoms with Gasteiger partial charge in [0.15, 0.2) is 0 Å². The summed E-state index contributed by atoms with van der Waals surface area (Å²) in [4.78, 5) is 0. The average molecular weight is 559 g/mol. The molecule has 1 heterocycles. The molecule has 0 bridgehead atoms. The molecule has 0 unspecified atom stereocenters. The van der Waals surface area contributed by atoms with E-state index in [0.29, 0.717) is 6.61 Å². The average Bonchev–Trinajstić information content (AvgIpc) is 2.65. The summed E-state index contributed by atoms with van der Waals surface area (Å²) in [5, 5.41) is 0. The van der Waals surface area contributed by atoms with Gasteiger partial charge in [-0.25, -0.2) is 0 Å². The predicted molar refractivity (Wildman–Crippen MR) is 143 cm³/mol. The Kier molecular flexibility index (Phi) is 8.37. The molecule has 0 aromatic heterocycles. The molecule has 6 heteroatoms. The summed E-state index contributed by atoms with van der Waals surface area (Å²) in [6, 6.07) is 0. The number of hydrogen-bond acceptors (Lipinski definition) is 3. The fourth-order valence-corrected chi connectivity index (χ4v) is 54.2. The van der Waals surface area contributed by atoms with E-state index in [1.807, 2.05) is 7.11 Å². The van der Waals surface area contributed by atoms with Crippen molar-refractivity contribution in [2.75, 3.05) is 13.7 Å². The molecule has 31 heavy (non-hydrogen) atoms. The van der Waals surface area contributed by atoms with Crippen LogP contribution in [0.2, 0.25) is 29.9 Å². The van der Waals surface area contributed by atoms with Gasteiger partial charge in [0.25, 0.3) is 0 Å². The van der Waals surface area contributed by atoms with Gasteiger partial charge < -0.3 is 0 Å². The van der Waals surface area contributed by atoms with E-state index >= 15 is 0 Å². The van der Waals surface area contributed by atoms with Gasteiger partial charge in [-0.3, -0.25) is 0 Å². The third kappa shape index (κ3) is 5.21. The summed E-state index contributed by atoms with van der Waals surface area (Å²) in [6.07, 6.45) is 0. The van der Waals surface area contributed by atoms with E-state index in [4.69, 9.17) is 14.0 Å². The Labute approximate surface area is 200 Å². The van der Waals surface area contributed by atoms with E-state index in [9.17, 15) is 0 Å². The van der Waals surface area contributed by atoms with E-state index in [-0.39, 0.29) is 28.6 Å². The summed E-state index contributed by atoms with van der Waals surface area (Å²) in [5.41, 5.74) is 0.589. The van der Waals surface area contributed by atoms with E-state index in [1.54, 1.807) is 3.21 Å². The zero-order valence-corrected chi connectivity index (χ0v) is 27.9. The molecule has 0 saturated carbocycles. The summed E-state index contributed by atoms with van der Waals surface area (Å²) in [6.45, 7) is 39.3. The summed E-state index contributed by atoms with van der Waals surface area (Å²) >= 11 is -3.31. The van der Waals surface area contributed by atoms with Crippen molar-refractivity contribution >= 4 is 33.6 Å². The first-order valence-electron chi connectivity index (χ1n) is 12.0. The maximum absolute atomic E-state index is 6.68. The van der Waals surface area contributed by atoms with Crippen molar-refractivity contribution in [3.63, 3.8) is 0 Å². The molecule has 0 radical (unpaired) electrons. The van der Waals surface area contributed by atoms with Crippen LogP contribution in [0, 0.1) is 0 Å². The van der Waals surface area contributed by atoms with Crippen molar-refractivity contribution in [1.82, 2.24) is 0 Å². The molecule has 1 fully saturated rings. The Bertz CT molecular complexity index is 633. The molecular formula is C25H53BO3SiSn. The quantitative estimate of drug-likeness (QED) is 0.322. The van der Waals surface area contributed by atoms with E-state index in [0.717, 1.165) is 0 Å². The van der Waals surface area contributed by atoms with Gasteiger partial charge in [-0.05, 0) is 0 Å². The molecule has 0 aromatic rings. The third-order valence-electron chi connectivity index (χ3n) is 7.66. The Balaban J connectivity index is 4.22. The van der Waals surface area contributed by atoms with Gasteiger partial charge in [-0.15, -0.1) is 0 Å². The van der Waals surface area contributed by atoms with Crippen LogP contribution in [0.25, 0.3) is 0 Å². The van der Waals surface area contributed by atoms with Crippen LogP contribution in [0.15, 0.2) is 8.68 Å². The molecule has 1 aliphatic rings. The van der Waals surface area contributed by atoms with Gasteiger partial charge in [0.05, 0.1) is 0 Å². The number of ether oxygens (including phenoxy) is 1. The second kappa shape index (κ2) is 8.73. The number of hydrogen-bond donors (Lipinski definition) is 0. The maximum atomic E-state index is 6.68. The molecule has 0 aliphatic carbocycles. The first-order chi connectivity index (χ1) is 13.4. The van der Waals surface area contributed by atoms with Crippen LogP contribution in [-0.4, -0.2) is 58.5 Å². The van der Waals surface area contributed by atoms with Gasteiger partial charge in [0, 0.05) is 0 Å². The molecule has 0 atom stereocenters. The van der Waals surface area contributed by atoms with Crippen LogP contribution in [0.5, 0.6) is 0 Å². The fourth-order valence-electron chi connectivity index (χ4n) is 7.18. The van der Waals surface area contributed by atoms with E-state index in [2.05, 4.69) is 110 Å².